The molecule has 1 amide bonds. The second-order valence-corrected chi connectivity index (χ2v) is 8.07. The Morgan fingerprint density at radius 2 is 1.77 bits per heavy atom. The molecule has 0 aliphatic heterocycles. The molecule has 1 aliphatic rings. The van der Waals surface area contributed by atoms with Crippen LogP contribution >= 0.6 is 0 Å². The molecule has 1 aromatic heterocycles. The molecule has 0 saturated heterocycles. The molecular formula is C24H27FN4O. The third kappa shape index (κ3) is 4.44. The first kappa shape index (κ1) is 20.3. The number of likely N-dealkylation sites (N-methyl/N-ethyl adjacent to an activating group) is 1. The summed E-state index contributed by atoms with van der Waals surface area (Å²) in [4.78, 5) is 15.2. The van der Waals surface area contributed by atoms with Gasteiger partial charge in [-0.15, -0.1) is 0 Å². The van der Waals surface area contributed by atoms with E-state index in [1.807, 2.05) is 24.3 Å². The fraction of sp³-hybridized carbons (Fsp3) is 0.333. The van der Waals surface area contributed by atoms with Crippen LogP contribution in [0.1, 0.15) is 40.2 Å². The number of halogens is 1. The van der Waals surface area contributed by atoms with Gasteiger partial charge in [-0.05, 0) is 88.2 Å². The lowest BCUT2D eigenvalue weighted by Crippen LogP contribution is -2.16. The highest BCUT2D eigenvalue weighted by atomic mass is 19.1. The fourth-order valence-corrected chi connectivity index (χ4v) is 3.87. The fourth-order valence-electron chi connectivity index (χ4n) is 3.87. The van der Waals surface area contributed by atoms with Crippen molar-refractivity contribution in [1.82, 2.24) is 14.7 Å². The smallest absolute Gasteiger partial charge is 0.276 e. The van der Waals surface area contributed by atoms with E-state index in [0.29, 0.717) is 5.69 Å². The van der Waals surface area contributed by atoms with Crippen LogP contribution in [0.4, 0.5) is 10.1 Å². The molecule has 156 valence electrons. The van der Waals surface area contributed by atoms with E-state index < -0.39 is 0 Å². The van der Waals surface area contributed by atoms with E-state index >= 15 is 0 Å². The summed E-state index contributed by atoms with van der Waals surface area (Å²) in [6.07, 6.45) is 4.78. The number of carbonyl (C=O) groups excluding carboxylic acids is 1. The molecule has 0 unspecified atom stereocenters. The first-order chi connectivity index (χ1) is 14.5. The Kier molecular flexibility index (Phi) is 5.95. The summed E-state index contributed by atoms with van der Waals surface area (Å²) in [5.74, 6) is -0.484. The zero-order valence-electron chi connectivity index (χ0n) is 17.5. The highest BCUT2D eigenvalue weighted by molar-refractivity contribution is 6.04. The SMILES string of the molecule is CN(C)CCc1ccc(NC(=O)c2nn(-c3ccc(F)cc3)c3c2CCCC3)cc1. The number of benzene rings is 2. The van der Waals surface area contributed by atoms with Crippen LogP contribution in [0, 0.1) is 5.82 Å². The first-order valence-corrected chi connectivity index (χ1v) is 10.4. The van der Waals surface area contributed by atoms with Gasteiger partial charge in [0.25, 0.3) is 5.91 Å². The number of nitrogens with zero attached hydrogens (tertiary/aromatic N) is 3. The molecule has 0 spiro atoms. The summed E-state index contributed by atoms with van der Waals surface area (Å²) in [7, 11) is 4.11. The van der Waals surface area contributed by atoms with E-state index in [0.717, 1.165) is 61.3 Å². The van der Waals surface area contributed by atoms with Crippen molar-refractivity contribution in [3.8, 4) is 5.69 Å². The summed E-state index contributed by atoms with van der Waals surface area (Å²) in [6, 6.07) is 14.2. The minimum Gasteiger partial charge on any atom is -0.321 e. The quantitative estimate of drug-likeness (QED) is 0.666. The van der Waals surface area contributed by atoms with Crippen LogP contribution in [0.15, 0.2) is 48.5 Å². The van der Waals surface area contributed by atoms with Crippen LogP contribution in [-0.4, -0.2) is 41.2 Å². The van der Waals surface area contributed by atoms with Crippen molar-refractivity contribution < 1.29 is 9.18 Å². The molecule has 0 atom stereocenters. The van der Waals surface area contributed by atoms with Crippen LogP contribution in [0.2, 0.25) is 0 Å². The Labute approximate surface area is 176 Å². The zero-order chi connectivity index (χ0) is 21.1. The second kappa shape index (κ2) is 8.79. The summed E-state index contributed by atoms with van der Waals surface area (Å²) in [5.41, 5.74) is 5.29. The predicted octanol–water partition coefficient (Wildman–Crippen LogP) is 4.25. The van der Waals surface area contributed by atoms with Gasteiger partial charge in [-0.2, -0.15) is 5.10 Å². The van der Waals surface area contributed by atoms with E-state index in [2.05, 4.69) is 29.4 Å². The molecule has 5 nitrogen and oxygen atoms in total. The molecule has 2 aromatic carbocycles. The van der Waals surface area contributed by atoms with Crippen molar-refractivity contribution in [2.24, 2.45) is 0 Å². The van der Waals surface area contributed by atoms with E-state index in [4.69, 9.17) is 0 Å². The number of amides is 1. The third-order valence-electron chi connectivity index (χ3n) is 5.53. The van der Waals surface area contributed by atoms with Gasteiger partial charge in [0.1, 0.15) is 5.82 Å². The molecule has 0 bridgehead atoms. The largest absolute Gasteiger partial charge is 0.321 e. The summed E-state index contributed by atoms with van der Waals surface area (Å²) >= 11 is 0. The maximum atomic E-state index is 13.3. The van der Waals surface area contributed by atoms with Gasteiger partial charge in [-0.1, -0.05) is 12.1 Å². The molecule has 0 saturated carbocycles. The molecule has 1 heterocycles. The van der Waals surface area contributed by atoms with Gasteiger partial charge in [0, 0.05) is 23.5 Å². The van der Waals surface area contributed by atoms with Gasteiger partial charge in [0.15, 0.2) is 5.69 Å². The van der Waals surface area contributed by atoms with Gasteiger partial charge in [-0.25, -0.2) is 9.07 Å². The van der Waals surface area contributed by atoms with Crippen molar-refractivity contribution in [2.45, 2.75) is 32.1 Å². The Balaban J connectivity index is 1.56. The third-order valence-corrected chi connectivity index (χ3v) is 5.53. The Bertz CT molecular complexity index is 1020. The van der Waals surface area contributed by atoms with Crippen molar-refractivity contribution in [2.75, 3.05) is 26.0 Å². The van der Waals surface area contributed by atoms with Gasteiger partial charge in [0.2, 0.25) is 0 Å². The monoisotopic (exact) mass is 406 g/mol. The molecule has 30 heavy (non-hydrogen) atoms. The van der Waals surface area contributed by atoms with E-state index in [1.54, 1.807) is 16.8 Å². The second-order valence-electron chi connectivity index (χ2n) is 8.07. The maximum absolute atomic E-state index is 13.3. The van der Waals surface area contributed by atoms with E-state index in [9.17, 15) is 9.18 Å². The molecule has 3 aromatic rings. The highest BCUT2D eigenvalue weighted by Gasteiger charge is 2.25. The van der Waals surface area contributed by atoms with Crippen LogP contribution in [-0.2, 0) is 19.3 Å². The lowest BCUT2D eigenvalue weighted by atomic mass is 9.95. The van der Waals surface area contributed by atoms with Gasteiger partial charge >= 0.3 is 0 Å². The van der Waals surface area contributed by atoms with Crippen molar-refractivity contribution in [3.05, 3.63) is 76.9 Å². The number of aromatic nitrogens is 2. The Morgan fingerprint density at radius 1 is 1.07 bits per heavy atom. The number of nitrogens with one attached hydrogen (secondary N) is 1. The molecule has 4 rings (SSSR count). The number of hydrogen-bond donors (Lipinski definition) is 1. The minimum absolute atomic E-state index is 0.199. The number of rotatable bonds is 6. The highest BCUT2D eigenvalue weighted by Crippen LogP contribution is 2.27. The van der Waals surface area contributed by atoms with Gasteiger partial charge < -0.3 is 10.2 Å². The lowest BCUT2D eigenvalue weighted by molar-refractivity contribution is 0.102. The maximum Gasteiger partial charge on any atom is 0.276 e. The minimum atomic E-state index is -0.285. The molecular weight excluding hydrogens is 379 g/mol. The van der Waals surface area contributed by atoms with Crippen molar-refractivity contribution in [3.63, 3.8) is 0 Å². The topological polar surface area (TPSA) is 50.2 Å². The Morgan fingerprint density at radius 3 is 2.47 bits per heavy atom. The van der Waals surface area contributed by atoms with E-state index in [-0.39, 0.29) is 11.7 Å². The summed E-state index contributed by atoms with van der Waals surface area (Å²) in [5, 5.41) is 7.62. The molecule has 1 N–H and O–H groups in total. The van der Waals surface area contributed by atoms with Gasteiger partial charge in [-0.3, -0.25) is 4.79 Å². The molecule has 6 heteroatoms. The number of fused-ring (bicyclic) bond motifs is 1. The Hall–Kier alpha value is -2.99. The zero-order valence-corrected chi connectivity index (χ0v) is 17.5. The summed E-state index contributed by atoms with van der Waals surface area (Å²) < 4.78 is 15.1. The van der Waals surface area contributed by atoms with Gasteiger partial charge in [0.05, 0.1) is 5.69 Å². The number of anilines is 1. The van der Waals surface area contributed by atoms with E-state index in [1.165, 1.54) is 17.7 Å². The number of carbonyl (C=O) groups is 1. The van der Waals surface area contributed by atoms with Crippen molar-refractivity contribution >= 4 is 11.6 Å². The standard InChI is InChI=1S/C24H27FN4O/c1-28(2)16-15-17-7-11-19(12-8-17)26-24(30)23-21-5-3-4-6-22(21)29(27-23)20-13-9-18(25)10-14-20/h7-14H,3-6,15-16H2,1-2H3,(H,26,30). The predicted molar refractivity (Wildman–Crippen MR) is 117 cm³/mol. The lowest BCUT2D eigenvalue weighted by Gasteiger charge is -2.14. The normalized spacial score (nSPS) is 13.3. The number of hydrogen-bond acceptors (Lipinski definition) is 3. The molecule has 0 radical (unpaired) electrons. The van der Waals surface area contributed by atoms with Crippen LogP contribution in [0.3, 0.4) is 0 Å². The van der Waals surface area contributed by atoms with Crippen LogP contribution in [0.25, 0.3) is 5.69 Å². The van der Waals surface area contributed by atoms with Crippen LogP contribution < -0.4 is 5.32 Å². The van der Waals surface area contributed by atoms with Crippen molar-refractivity contribution in [1.29, 1.82) is 0 Å². The average Bonchev–Trinajstić information content (AvgIpc) is 3.14. The molecule has 0 fully saturated rings. The average molecular weight is 407 g/mol. The first-order valence-electron chi connectivity index (χ1n) is 10.4. The summed E-state index contributed by atoms with van der Waals surface area (Å²) in [6.45, 7) is 0.985. The molecule has 1 aliphatic carbocycles. The van der Waals surface area contributed by atoms with Crippen LogP contribution in [0.5, 0.6) is 0 Å².